The zero-order valence-corrected chi connectivity index (χ0v) is 14.8. The van der Waals surface area contributed by atoms with Crippen LogP contribution in [0.2, 0.25) is 0 Å². The molecule has 1 fully saturated rings. The van der Waals surface area contributed by atoms with Crippen LogP contribution in [0, 0.1) is 0 Å². The lowest BCUT2D eigenvalue weighted by Crippen LogP contribution is -2.37. The predicted octanol–water partition coefficient (Wildman–Crippen LogP) is 2.86. The van der Waals surface area contributed by atoms with E-state index in [4.69, 9.17) is 14.7 Å². The van der Waals surface area contributed by atoms with E-state index in [-0.39, 0.29) is 0 Å². The molecule has 1 aliphatic carbocycles. The molecule has 6 nitrogen and oxygen atoms in total. The Kier molecular flexibility index (Phi) is 3.83. The predicted molar refractivity (Wildman–Crippen MR) is 98.1 cm³/mol. The number of aromatic nitrogens is 4. The average molecular weight is 353 g/mol. The Morgan fingerprint density at radius 1 is 1.04 bits per heavy atom. The normalized spacial score (nSPS) is 17.7. The van der Waals surface area contributed by atoms with Crippen molar-refractivity contribution in [3.8, 4) is 11.5 Å². The molecule has 0 saturated carbocycles. The molecule has 0 unspecified atom stereocenters. The molecule has 0 radical (unpaired) electrons. The fourth-order valence-electron chi connectivity index (χ4n) is 3.67. The summed E-state index contributed by atoms with van der Waals surface area (Å²) in [6.45, 7) is 3.24. The average Bonchev–Trinajstić information content (AvgIpc) is 3.07. The lowest BCUT2D eigenvalue weighted by atomic mass is 9.97. The quantitative estimate of drug-likeness (QED) is 0.706. The number of morpholine rings is 1. The molecule has 3 aromatic rings. The highest BCUT2D eigenvalue weighted by molar-refractivity contribution is 7.19. The topological polar surface area (TPSA) is 64.0 Å². The first-order chi connectivity index (χ1) is 12.4. The van der Waals surface area contributed by atoms with Gasteiger partial charge in [0, 0.05) is 30.4 Å². The fourth-order valence-corrected chi connectivity index (χ4v) is 4.93. The van der Waals surface area contributed by atoms with Gasteiger partial charge in [-0.05, 0) is 31.2 Å². The third kappa shape index (κ3) is 2.67. The molecular formula is C18H19N5OS. The largest absolute Gasteiger partial charge is 0.378 e. The van der Waals surface area contributed by atoms with Crippen LogP contribution < -0.4 is 4.90 Å². The second-order valence-corrected chi connectivity index (χ2v) is 7.54. The molecule has 128 valence electrons. The van der Waals surface area contributed by atoms with E-state index in [1.54, 1.807) is 18.6 Å². The van der Waals surface area contributed by atoms with Gasteiger partial charge in [0.1, 0.15) is 16.3 Å². The Balaban J connectivity index is 1.73. The Labute approximate surface area is 149 Å². The van der Waals surface area contributed by atoms with E-state index in [0.29, 0.717) is 5.82 Å². The first-order valence-electron chi connectivity index (χ1n) is 8.81. The van der Waals surface area contributed by atoms with Gasteiger partial charge in [-0.15, -0.1) is 11.3 Å². The van der Waals surface area contributed by atoms with Gasteiger partial charge < -0.3 is 9.64 Å². The number of rotatable bonds is 2. The summed E-state index contributed by atoms with van der Waals surface area (Å²) in [5, 5.41) is 1.26. The maximum Gasteiger partial charge on any atom is 0.183 e. The lowest BCUT2D eigenvalue weighted by Gasteiger charge is -2.29. The van der Waals surface area contributed by atoms with Crippen molar-refractivity contribution in [2.45, 2.75) is 25.7 Å². The molecule has 2 aliphatic rings. The van der Waals surface area contributed by atoms with E-state index in [1.807, 2.05) is 11.3 Å². The van der Waals surface area contributed by atoms with Crippen molar-refractivity contribution in [3.05, 3.63) is 29.0 Å². The number of nitrogens with zero attached hydrogens (tertiary/aromatic N) is 5. The summed E-state index contributed by atoms with van der Waals surface area (Å²) >= 11 is 1.83. The molecule has 1 aliphatic heterocycles. The van der Waals surface area contributed by atoms with Gasteiger partial charge in [-0.1, -0.05) is 0 Å². The zero-order valence-electron chi connectivity index (χ0n) is 13.9. The third-order valence-corrected chi connectivity index (χ3v) is 6.08. The van der Waals surface area contributed by atoms with Crippen molar-refractivity contribution in [2.75, 3.05) is 31.2 Å². The van der Waals surface area contributed by atoms with Crippen LogP contribution in [0.25, 0.3) is 21.7 Å². The second kappa shape index (κ2) is 6.31. The lowest BCUT2D eigenvalue weighted by molar-refractivity contribution is 0.122. The smallest absolute Gasteiger partial charge is 0.183 e. The molecule has 0 aromatic carbocycles. The van der Waals surface area contributed by atoms with Gasteiger partial charge in [-0.25, -0.2) is 15.0 Å². The van der Waals surface area contributed by atoms with E-state index in [9.17, 15) is 0 Å². The molecule has 7 heteroatoms. The van der Waals surface area contributed by atoms with Crippen molar-refractivity contribution < 1.29 is 4.74 Å². The molecule has 0 atom stereocenters. The summed E-state index contributed by atoms with van der Waals surface area (Å²) in [5.74, 6) is 1.72. The maximum absolute atomic E-state index is 5.54. The summed E-state index contributed by atoms with van der Waals surface area (Å²) < 4.78 is 5.54. The summed E-state index contributed by atoms with van der Waals surface area (Å²) in [4.78, 5) is 23.3. The monoisotopic (exact) mass is 353 g/mol. The van der Waals surface area contributed by atoms with Gasteiger partial charge in [-0.3, -0.25) is 4.98 Å². The minimum Gasteiger partial charge on any atom is -0.378 e. The van der Waals surface area contributed by atoms with Crippen molar-refractivity contribution in [1.82, 2.24) is 19.9 Å². The van der Waals surface area contributed by atoms with Crippen LogP contribution in [-0.4, -0.2) is 46.2 Å². The van der Waals surface area contributed by atoms with Gasteiger partial charge >= 0.3 is 0 Å². The highest BCUT2D eigenvalue weighted by Gasteiger charge is 2.25. The van der Waals surface area contributed by atoms with Crippen molar-refractivity contribution in [3.63, 3.8) is 0 Å². The molecule has 0 spiro atoms. The number of hydrogen-bond acceptors (Lipinski definition) is 7. The van der Waals surface area contributed by atoms with Crippen molar-refractivity contribution >= 4 is 27.4 Å². The Hall–Kier alpha value is -2.12. The Morgan fingerprint density at radius 2 is 1.92 bits per heavy atom. The minimum absolute atomic E-state index is 0.667. The number of aryl methyl sites for hydroxylation is 2. The fraction of sp³-hybridized carbons (Fsp3) is 0.444. The molecule has 1 saturated heterocycles. The zero-order chi connectivity index (χ0) is 16.6. The SMILES string of the molecule is c1cnc(-c2nc(N3CCOCC3)c3c4c(sc3n2)CCCC4)cn1. The van der Waals surface area contributed by atoms with Gasteiger partial charge in [0.2, 0.25) is 0 Å². The maximum atomic E-state index is 5.54. The molecule has 0 bridgehead atoms. The number of hydrogen-bond donors (Lipinski definition) is 0. The van der Waals surface area contributed by atoms with E-state index in [2.05, 4.69) is 14.9 Å². The van der Waals surface area contributed by atoms with Crippen molar-refractivity contribution in [1.29, 1.82) is 0 Å². The molecule has 0 amide bonds. The Morgan fingerprint density at radius 3 is 2.76 bits per heavy atom. The van der Waals surface area contributed by atoms with Crippen LogP contribution in [0.1, 0.15) is 23.3 Å². The van der Waals surface area contributed by atoms with E-state index >= 15 is 0 Å². The van der Waals surface area contributed by atoms with E-state index in [1.165, 1.54) is 35.1 Å². The number of anilines is 1. The van der Waals surface area contributed by atoms with E-state index in [0.717, 1.165) is 49.1 Å². The molecule has 4 heterocycles. The number of ether oxygens (including phenoxy) is 1. The molecule has 25 heavy (non-hydrogen) atoms. The van der Waals surface area contributed by atoms with E-state index < -0.39 is 0 Å². The highest BCUT2D eigenvalue weighted by Crippen LogP contribution is 2.40. The van der Waals surface area contributed by atoms with Gasteiger partial charge in [0.25, 0.3) is 0 Å². The van der Waals surface area contributed by atoms with Gasteiger partial charge in [0.05, 0.1) is 24.8 Å². The third-order valence-electron chi connectivity index (χ3n) is 4.90. The first-order valence-corrected chi connectivity index (χ1v) is 9.63. The summed E-state index contributed by atoms with van der Waals surface area (Å²) in [7, 11) is 0. The van der Waals surface area contributed by atoms with Crippen LogP contribution in [0.5, 0.6) is 0 Å². The van der Waals surface area contributed by atoms with Crippen molar-refractivity contribution in [2.24, 2.45) is 0 Å². The molecular weight excluding hydrogens is 334 g/mol. The molecule has 3 aromatic heterocycles. The molecule has 5 rings (SSSR count). The summed E-state index contributed by atoms with van der Waals surface area (Å²) in [5.41, 5.74) is 2.20. The number of thiophene rings is 1. The molecule has 0 N–H and O–H groups in total. The Bertz CT molecular complexity index is 905. The first kappa shape index (κ1) is 15.2. The van der Waals surface area contributed by atoms with Gasteiger partial charge in [0.15, 0.2) is 5.82 Å². The van der Waals surface area contributed by atoms with Crippen LogP contribution in [0.4, 0.5) is 5.82 Å². The van der Waals surface area contributed by atoms with Crippen LogP contribution in [-0.2, 0) is 17.6 Å². The number of fused-ring (bicyclic) bond motifs is 3. The van der Waals surface area contributed by atoms with Crippen LogP contribution in [0.3, 0.4) is 0 Å². The second-order valence-electron chi connectivity index (χ2n) is 6.45. The van der Waals surface area contributed by atoms with Crippen LogP contribution >= 0.6 is 11.3 Å². The minimum atomic E-state index is 0.667. The summed E-state index contributed by atoms with van der Waals surface area (Å²) in [6, 6.07) is 0. The summed E-state index contributed by atoms with van der Waals surface area (Å²) in [6.07, 6.45) is 9.94. The highest BCUT2D eigenvalue weighted by atomic mass is 32.1. The van der Waals surface area contributed by atoms with Gasteiger partial charge in [-0.2, -0.15) is 0 Å². The standard InChI is InChI=1S/C18H19N5OS/c1-2-4-14-12(3-1)15-17(23-7-9-24-10-8-23)21-16(22-18(15)25-14)13-11-19-5-6-20-13/h5-6,11H,1-4,7-10H2. The van der Waals surface area contributed by atoms with Crippen LogP contribution in [0.15, 0.2) is 18.6 Å².